The second-order valence-electron chi connectivity index (χ2n) is 6.39. The van der Waals surface area contributed by atoms with Crippen LogP contribution in [0.15, 0.2) is 72.8 Å². The summed E-state index contributed by atoms with van der Waals surface area (Å²) in [6, 6.07) is 17.5. The lowest BCUT2D eigenvalue weighted by molar-refractivity contribution is 0.0591. The molecule has 162 valence electrons. The molecule has 0 N–H and O–H groups in total. The van der Waals surface area contributed by atoms with Gasteiger partial charge in [-0.3, -0.25) is 0 Å². The van der Waals surface area contributed by atoms with Crippen molar-refractivity contribution in [2.75, 3.05) is 14.2 Å². The molecule has 0 aliphatic carbocycles. The summed E-state index contributed by atoms with van der Waals surface area (Å²) in [6.45, 7) is 0. The minimum Gasteiger partial charge on any atom is -0.465 e. The zero-order valence-corrected chi connectivity index (χ0v) is 17.2. The normalized spacial score (nSPS) is 10.1. The summed E-state index contributed by atoms with van der Waals surface area (Å²) in [5.74, 6) is -1.75. The van der Waals surface area contributed by atoms with Crippen LogP contribution in [0.4, 0.5) is 0 Å². The van der Waals surface area contributed by atoms with Crippen molar-refractivity contribution in [3.63, 3.8) is 0 Å². The molecule has 32 heavy (non-hydrogen) atoms. The fraction of sp³-hybridized carbons (Fsp3) is 0.0833. The van der Waals surface area contributed by atoms with Crippen molar-refractivity contribution in [1.82, 2.24) is 0 Å². The molecular formula is C24H18O8. The third-order valence-electron chi connectivity index (χ3n) is 4.33. The van der Waals surface area contributed by atoms with Crippen LogP contribution < -0.4 is 9.47 Å². The standard InChI is InChI=1S/C24H18O8/c1-29-21(25)15-7-11-19(12-8-15)31-23(27)17-3-5-18(6-4-17)24(28)32-20-13-9-16(10-14-20)22(26)30-2/h3-14H,1-2H3. The second-order valence-corrected chi connectivity index (χ2v) is 6.39. The Morgan fingerprint density at radius 3 is 0.969 bits per heavy atom. The molecule has 0 saturated heterocycles. The average molecular weight is 434 g/mol. The highest BCUT2D eigenvalue weighted by molar-refractivity contribution is 5.95. The van der Waals surface area contributed by atoms with E-state index in [1.54, 1.807) is 0 Å². The van der Waals surface area contributed by atoms with Crippen molar-refractivity contribution < 1.29 is 38.1 Å². The number of hydrogen-bond donors (Lipinski definition) is 0. The quantitative estimate of drug-likeness (QED) is 0.427. The maximum absolute atomic E-state index is 12.3. The van der Waals surface area contributed by atoms with Gasteiger partial charge in [0.1, 0.15) is 11.5 Å². The van der Waals surface area contributed by atoms with Gasteiger partial charge in [0.05, 0.1) is 36.5 Å². The van der Waals surface area contributed by atoms with E-state index in [-0.39, 0.29) is 22.6 Å². The number of carbonyl (C=O) groups excluding carboxylic acids is 4. The molecule has 0 amide bonds. The van der Waals surface area contributed by atoms with Crippen molar-refractivity contribution in [2.45, 2.75) is 0 Å². The van der Waals surface area contributed by atoms with Crippen LogP contribution in [0.1, 0.15) is 41.4 Å². The van der Waals surface area contributed by atoms with E-state index < -0.39 is 23.9 Å². The number of rotatable bonds is 6. The molecule has 8 nitrogen and oxygen atoms in total. The van der Waals surface area contributed by atoms with E-state index >= 15 is 0 Å². The number of methoxy groups -OCH3 is 2. The molecule has 0 aliphatic heterocycles. The monoisotopic (exact) mass is 434 g/mol. The first kappa shape index (κ1) is 22.2. The van der Waals surface area contributed by atoms with E-state index in [0.717, 1.165) is 0 Å². The van der Waals surface area contributed by atoms with Gasteiger partial charge in [-0.15, -0.1) is 0 Å². The number of ether oxygens (including phenoxy) is 4. The fourth-order valence-electron chi connectivity index (χ4n) is 2.63. The number of benzene rings is 3. The van der Waals surface area contributed by atoms with Crippen LogP contribution in [0, 0.1) is 0 Å². The van der Waals surface area contributed by atoms with E-state index in [1.807, 2.05) is 0 Å². The first-order valence-corrected chi connectivity index (χ1v) is 9.32. The Bertz CT molecular complexity index is 1040. The van der Waals surface area contributed by atoms with Crippen molar-refractivity contribution in [1.29, 1.82) is 0 Å². The predicted octanol–water partition coefficient (Wildman–Crippen LogP) is 3.70. The van der Waals surface area contributed by atoms with Crippen LogP contribution in [0.5, 0.6) is 11.5 Å². The first-order chi connectivity index (χ1) is 15.4. The number of esters is 4. The van der Waals surface area contributed by atoms with E-state index in [9.17, 15) is 19.2 Å². The van der Waals surface area contributed by atoms with E-state index in [4.69, 9.17) is 9.47 Å². The summed E-state index contributed by atoms with van der Waals surface area (Å²) >= 11 is 0. The maximum Gasteiger partial charge on any atom is 0.343 e. The van der Waals surface area contributed by atoms with Crippen LogP contribution in [-0.4, -0.2) is 38.1 Å². The molecule has 0 fully saturated rings. The van der Waals surface area contributed by atoms with Gasteiger partial charge in [-0.2, -0.15) is 0 Å². The lowest BCUT2D eigenvalue weighted by Crippen LogP contribution is -2.11. The Morgan fingerprint density at radius 2 is 0.688 bits per heavy atom. The molecular weight excluding hydrogens is 416 g/mol. The zero-order valence-electron chi connectivity index (χ0n) is 17.2. The Morgan fingerprint density at radius 1 is 0.438 bits per heavy atom. The minimum atomic E-state index is -0.630. The predicted molar refractivity (Wildman–Crippen MR) is 112 cm³/mol. The largest absolute Gasteiger partial charge is 0.465 e. The molecule has 0 atom stereocenters. The third kappa shape index (κ3) is 5.37. The molecule has 0 unspecified atom stereocenters. The van der Waals surface area contributed by atoms with Crippen molar-refractivity contribution in [3.8, 4) is 11.5 Å². The van der Waals surface area contributed by atoms with Crippen LogP contribution in [0.25, 0.3) is 0 Å². The molecule has 0 bridgehead atoms. The van der Waals surface area contributed by atoms with E-state index in [1.165, 1.54) is 87.0 Å². The van der Waals surface area contributed by atoms with Crippen LogP contribution in [0.2, 0.25) is 0 Å². The SMILES string of the molecule is COC(=O)c1ccc(OC(=O)c2ccc(C(=O)Oc3ccc(C(=O)OC)cc3)cc2)cc1. The van der Waals surface area contributed by atoms with Gasteiger partial charge >= 0.3 is 23.9 Å². The lowest BCUT2D eigenvalue weighted by atomic mass is 10.1. The van der Waals surface area contributed by atoms with Crippen LogP contribution in [-0.2, 0) is 9.47 Å². The van der Waals surface area contributed by atoms with Gasteiger partial charge in [0.15, 0.2) is 0 Å². The second kappa shape index (κ2) is 10.0. The molecule has 0 aliphatic rings. The fourth-order valence-corrected chi connectivity index (χ4v) is 2.63. The maximum atomic E-state index is 12.3. The van der Waals surface area contributed by atoms with Crippen molar-refractivity contribution in [2.24, 2.45) is 0 Å². The molecule has 0 aromatic heterocycles. The Balaban J connectivity index is 1.61. The Hall–Kier alpha value is -4.46. The van der Waals surface area contributed by atoms with Gasteiger partial charge < -0.3 is 18.9 Å². The smallest absolute Gasteiger partial charge is 0.343 e. The summed E-state index contributed by atoms with van der Waals surface area (Å²) in [6.07, 6.45) is 0. The molecule has 3 aromatic rings. The molecule has 0 heterocycles. The van der Waals surface area contributed by atoms with Gasteiger partial charge in [0.2, 0.25) is 0 Å². The number of carbonyl (C=O) groups is 4. The van der Waals surface area contributed by atoms with E-state index in [2.05, 4.69) is 9.47 Å². The summed E-state index contributed by atoms with van der Waals surface area (Å²) in [5, 5.41) is 0. The first-order valence-electron chi connectivity index (χ1n) is 9.32. The molecule has 0 spiro atoms. The molecule has 3 aromatic carbocycles. The lowest BCUT2D eigenvalue weighted by Gasteiger charge is -2.07. The summed E-state index contributed by atoms with van der Waals surface area (Å²) in [5.41, 5.74) is 1.10. The Kier molecular flexibility index (Phi) is 6.97. The molecule has 0 saturated carbocycles. The summed E-state index contributed by atoms with van der Waals surface area (Å²) in [7, 11) is 2.55. The highest BCUT2D eigenvalue weighted by Gasteiger charge is 2.14. The zero-order chi connectivity index (χ0) is 23.1. The molecule has 3 rings (SSSR count). The van der Waals surface area contributed by atoms with Gasteiger partial charge in [0.25, 0.3) is 0 Å². The Labute approximate surface area is 183 Å². The number of hydrogen-bond acceptors (Lipinski definition) is 8. The van der Waals surface area contributed by atoms with Crippen molar-refractivity contribution >= 4 is 23.9 Å². The molecule has 8 heteroatoms. The van der Waals surface area contributed by atoms with Gasteiger partial charge in [0, 0.05) is 0 Å². The average Bonchev–Trinajstić information content (AvgIpc) is 2.84. The van der Waals surface area contributed by atoms with Crippen LogP contribution >= 0.6 is 0 Å². The van der Waals surface area contributed by atoms with Crippen LogP contribution in [0.3, 0.4) is 0 Å². The summed E-state index contributed by atoms with van der Waals surface area (Å²) < 4.78 is 19.7. The van der Waals surface area contributed by atoms with Gasteiger partial charge in [-0.1, -0.05) is 0 Å². The van der Waals surface area contributed by atoms with E-state index in [0.29, 0.717) is 11.1 Å². The topological polar surface area (TPSA) is 105 Å². The van der Waals surface area contributed by atoms with Crippen molar-refractivity contribution in [3.05, 3.63) is 95.1 Å². The third-order valence-corrected chi connectivity index (χ3v) is 4.33. The molecule has 0 radical (unpaired) electrons. The highest BCUT2D eigenvalue weighted by Crippen LogP contribution is 2.17. The minimum absolute atomic E-state index is 0.223. The highest BCUT2D eigenvalue weighted by atomic mass is 16.5. The van der Waals surface area contributed by atoms with Gasteiger partial charge in [-0.05, 0) is 72.8 Å². The van der Waals surface area contributed by atoms with Gasteiger partial charge in [-0.25, -0.2) is 19.2 Å². The summed E-state index contributed by atoms with van der Waals surface area (Å²) in [4.78, 5) is 47.5.